The first kappa shape index (κ1) is 22.8. The molecule has 9 heteroatoms. The van der Waals surface area contributed by atoms with Gasteiger partial charge in [0.25, 0.3) is 11.8 Å². The number of likely N-dealkylation sites (tertiary alicyclic amines) is 1. The molecule has 3 heterocycles. The van der Waals surface area contributed by atoms with Gasteiger partial charge in [0.2, 0.25) is 0 Å². The largest absolute Gasteiger partial charge is 0.467 e. The van der Waals surface area contributed by atoms with Gasteiger partial charge in [-0.25, -0.2) is 4.79 Å². The molecule has 1 aromatic heterocycles. The van der Waals surface area contributed by atoms with Crippen molar-refractivity contribution in [2.45, 2.75) is 31.3 Å². The Kier molecular flexibility index (Phi) is 6.83. The number of hydrogen-bond acceptors (Lipinski definition) is 6. The van der Waals surface area contributed by atoms with Gasteiger partial charge in [0.1, 0.15) is 10.9 Å². The van der Waals surface area contributed by atoms with Gasteiger partial charge in [-0.05, 0) is 54.6 Å². The maximum absolute atomic E-state index is 13.4. The summed E-state index contributed by atoms with van der Waals surface area (Å²) < 4.78 is 4.94. The molecule has 1 aromatic carbocycles. The highest BCUT2D eigenvalue weighted by molar-refractivity contribution is 7.12. The van der Waals surface area contributed by atoms with Gasteiger partial charge in [-0.2, -0.15) is 0 Å². The van der Waals surface area contributed by atoms with E-state index in [9.17, 15) is 14.4 Å². The molecular weight excluding hydrogens is 450 g/mol. The van der Waals surface area contributed by atoms with Gasteiger partial charge in [0, 0.05) is 37.7 Å². The lowest BCUT2D eigenvalue weighted by Gasteiger charge is -2.23. The molecule has 1 fully saturated rings. The summed E-state index contributed by atoms with van der Waals surface area (Å²) in [5, 5.41) is 5.04. The molecule has 1 saturated heterocycles. The van der Waals surface area contributed by atoms with Crippen LogP contribution < -0.4 is 5.32 Å². The minimum absolute atomic E-state index is 0.229. The number of likely N-dealkylation sites (N-methyl/N-ethyl adjacent to an activating group) is 1. The first-order valence-electron chi connectivity index (χ1n) is 10.6. The number of ether oxygens (including phenoxy) is 1. The molecule has 2 aromatic rings. The molecule has 1 N–H and O–H groups in total. The second-order valence-electron chi connectivity index (χ2n) is 8.29. The van der Waals surface area contributed by atoms with Gasteiger partial charge in [-0.15, -0.1) is 11.3 Å². The number of amides is 2. The predicted octanol–water partition coefficient (Wildman–Crippen LogP) is 2.62. The zero-order valence-electron chi connectivity index (χ0n) is 18.1. The third kappa shape index (κ3) is 4.67. The summed E-state index contributed by atoms with van der Waals surface area (Å²) in [6.45, 7) is 2.16. The highest BCUT2D eigenvalue weighted by Gasteiger charge is 2.41. The molecule has 0 radical (unpaired) electrons. The lowest BCUT2D eigenvalue weighted by atomic mass is 9.99. The van der Waals surface area contributed by atoms with E-state index in [1.165, 1.54) is 34.5 Å². The SMILES string of the molecule is COC(=O)[C@@H]1C[C@@H](NC(=O)c2sccc2Cl)CN1C(=O)c1ccc2c(c1)CCN(C)CC2. The average Bonchev–Trinajstić information content (AvgIpc) is 3.36. The molecule has 32 heavy (non-hydrogen) atoms. The minimum atomic E-state index is -0.749. The fourth-order valence-electron chi connectivity index (χ4n) is 4.37. The molecule has 0 bridgehead atoms. The number of carbonyl (C=O) groups excluding carboxylic acids is 3. The van der Waals surface area contributed by atoms with Crippen molar-refractivity contribution in [1.82, 2.24) is 15.1 Å². The number of hydrogen-bond donors (Lipinski definition) is 1. The van der Waals surface area contributed by atoms with Crippen LogP contribution in [0.5, 0.6) is 0 Å². The number of fused-ring (bicyclic) bond motifs is 1. The molecule has 0 saturated carbocycles. The number of methoxy groups -OCH3 is 1. The summed E-state index contributed by atoms with van der Waals surface area (Å²) in [7, 11) is 3.40. The Morgan fingerprint density at radius 1 is 1.16 bits per heavy atom. The van der Waals surface area contributed by atoms with Crippen molar-refractivity contribution < 1.29 is 19.1 Å². The molecule has 2 atom stereocenters. The second-order valence-corrected chi connectivity index (χ2v) is 9.61. The molecule has 0 spiro atoms. The van der Waals surface area contributed by atoms with Crippen LogP contribution in [0, 0.1) is 0 Å². The number of esters is 1. The summed E-state index contributed by atoms with van der Waals surface area (Å²) in [6, 6.07) is 6.34. The van der Waals surface area contributed by atoms with Crippen LogP contribution in [0.1, 0.15) is 37.6 Å². The van der Waals surface area contributed by atoms with Crippen molar-refractivity contribution in [1.29, 1.82) is 0 Å². The highest BCUT2D eigenvalue weighted by atomic mass is 35.5. The number of nitrogens with zero attached hydrogens (tertiary/aromatic N) is 2. The van der Waals surface area contributed by atoms with Gasteiger partial charge in [-0.3, -0.25) is 9.59 Å². The Bertz CT molecular complexity index is 1040. The first-order valence-corrected chi connectivity index (χ1v) is 11.9. The van der Waals surface area contributed by atoms with E-state index in [1.807, 2.05) is 18.2 Å². The normalized spacial score (nSPS) is 21.0. The van der Waals surface area contributed by atoms with E-state index in [4.69, 9.17) is 16.3 Å². The molecule has 2 amide bonds. The van der Waals surface area contributed by atoms with Gasteiger partial charge in [0.05, 0.1) is 12.1 Å². The van der Waals surface area contributed by atoms with Crippen LogP contribution >= 0.6 is 22.9 Å². The third-order valence-corrected chi connectivity index (χ3v) is 7.51. The smallest absolute Gasteiger partial charge is 0.328 e. The number of nitrogens with one attached hydrogen (secondary N) is 1. The standard InChI is InChI=1S/C23H26ClN3O4S/c1-26-8-5-14-3-4-16(11-15(14)6-9-26)22(29)27-13-17(12-19(27)23(30)31-2)25-21(28)20-18(24)7-10-32-20/h3-4,7,10-11,17,19H,5-6,8-9,12-13H2,1-2H3,(H,25,28)/t17-,19+/m1/s1. The maximum Gasteiger partial charge on any atom is 0.328 e. The Morgan fingerprint density at radius 3 is 2.59 bits per heavy atom. The number of benzene rings is 1. The minimum Gasteiger partial charge on any atom is -0.467 e. The molecule has 7 nitrogen and oxygen atoms in total. The lowest BCUT2D eigenvalue weighted by molar-refractivity contribution is -0.145. The van der Waals surface area contributed by atoms with Crippen LogP contribution in [-0.4, -0.2) is 73.5 Å². The van der Waals surface area contributed by atoms with Crippen LogP contribution in [0.15, 0.2) is 29.6 Å². The van der Waals surface area contributed by atoms with Crippen LogP contribution in [0.2, 0.25) is 5.02 Å². The summed E-state index contributed by atoms with van der Waals surface area (Å²) in [6.07, 6.45) is 2.13. The molecule has 2 aliphatic rings. The fourth-order valence-corrected chi connectivity index (χ4v) is 5.41. The van der Waals surface area contributed by atoms with E-state index in [-0.39, 0.29) is 24.4 Å². The topological polar surface area (TPSA) is 79.0 Å². The molecular formula is C23H26ClN3O4S. The van der Waals surface area contributed by atoms with Gasteiger partial charge in [-0.1, -0.05) is 17.7 Å². The number of carbonyl (C=O) groups is 3. The predicted molar refractivity (Wildman–Crippen MR) is 123 cm³/mol. The van der Waals surface area contributed by atoms with E-state index in [0.29, 0.717) is 21.9 Å². The van der Waals surface area contributed by atoms with Crippen LogP contribution in [0.4, 0.5) is 0 Å². The quantitative estimate of drug-likeness (QED) is 0.688. The van der Waals surface area contributed by atoms with E-state index < -0.39 is 12.0 Å². The number of rotatable bonds is 4. The molecule has 170 valence electrons. The van der Waals surface area contributed by atoms with Gasteiger partial charge >= 0.3 is 5.97 Å². The van der Waals surface area contributed by atoms with Crippen molar-refractivity contribution in [3.63, 3.8) is 0 Å². The van der Waals surface area contributed by atoms with Crippen LogP contribution in [0.3, 0.4) is 0 Å². The Hall–Kier alpha value is -2.42. The Balaban J connectivity index is 1.53. The van der Waals surface area contributed by atoms with Crippen molar-refractivity contribution in [2.24, 2.45) is 0 Å². The van der Waals surface area contributed by atoms with Crippen LogP contribution in [0.25, 0.3) is 0 Å². The maximum atomic E-state index is 13.4. The van der Waals surface area contributed by atoms with Crippen molar-refractivity contribution in [3.05, 3.63) is 56.2 Å². The van der Waals surface area contributed by atoms with E-state index >= 15 is 0 Å². The lowest BCUT2D eigenvalue weighted by Crippen LogP contribution is -2.42. The zero-order chi connectivity index (χ0) is 22.8. The van der Waals surface area contributed by atoms with E-state index in [1.54, 1.807) is 11.4 Å². The average molecular weight is 476 g/mol. The Morgan fingerprint density at radius 2 is 1.91 bits per heavy atom. The molecule has 0 unspecified atom stereocenters. The van der Waals surface area contributed by atoms with Crippen molar-refractivity contribution >= 4 is 40.7 Å². The second kappa shape index (κ2) is 9.60. The van der Waals surface area contributed by atoms with E-state index in [0.717, 1.165) is 25.9 Å². The summed E-state index contributed by atoms with van der Waals surface area (Å²) >= 11 is 7.32. The van der Waals surface area contributed by atoms with Crippen molar-refractivity contribution in [3.8, 4) is 0 Å². The first-order chi connectivity index (χ1) is 15.4. The number of halogens is 1. The van der Waals surface area contributed by atoms with Gasteiger partial charge in [0.15, 0.2) is 0 Å². The van der Waals surface area contributed by atoms with Crippen molar-refractivity contribution in [2.75, 3.05) is 33.8 Å². The van der Waals surface area contributed by atoms with Crippen LogP contribution in [-0.2, 0) is 22.4 Å². The molecule has 0 aliphatic carbocycles. The fraction of sp³-hybridized carbons (Fsp3) is 0.435. The van der Waals surface area contributed by atoms with E-state index in [2.05, 4.69) is 17.3 Å². The Labute approximate surface area is 196 Å². The molecule has 4 rings (SSSR count). The number of thiophene rings is 1. The zero-order valence-corrected chi connectivity index (χ0v) is 19.7. The summed E-state index contributed by atoms with van der Waals surface area (Å²) in [4.78, 5) is 42.6. The summed E-state index contributed by atoms with van der Waals surface area (Å²) in [5.41, 5.74) is 2.98. The monoisotopic (exact) mass is 475 g/mol. The van der Waals surface area contributed by atoms with Gasteiger partial charge < -0.3 is 19.9 Å². The molecule has 2 aliphatic heterocycles. The highest BCUT2D eigenvalue weighted by Crippen LogP contribution is 2.26. The summed E-state index contributed by atoms with van der Waals surface area (Å²) in [5.74, 6) is -1.02. The third-order valence-electron chi connectivity index (χ3n) is 6.17.